The summed E-state index contributed by atoms with van der Waals surface area (Å²) < 4.78 is 31.6. The summed E-state index contributed by atoms with van der Waals surface area (Å²) in [6.07, 6.45) is 2.61. The van der Waals surface area contributed by atoms with Crippen LogP contribution in [0.25, 0.3) is 10.2 Å². The van der Waals surface area contributed by atoms with E-state index in [9.17, 15) is 13.2 Å². The molecule has 0 bridgehead atoms. The fourth-order valence-corrected chi connectivity index (χ4v) is 5.29. The maximum Gasteiger partial charge on any atom is 0.261 e. The van der Waals surface area contributed by atoms with Crippen LogP contribution in [-0.4, -0.2) is 25.6 Å². The van der Waals surface area contributed by atoms with Crippen molar-refractivity contribution < 1.29 is 17.6 Å². The van der Waals surface area contributed by atoms with E-state index >= 15 is 0 Å². The van der Waals surface area contributed by atoms with Crippen molar-refractivity contribution in [3.05, 3.63) is 76.7 Å². The number of benzene rings is 2. The van der Waals surface area contributed by atoms with Crippen molar-refractivity contribution in [1.29, 1.82) is 0 Å². The number of amides is 1. The number of rotatable bonds is 5. The maximum atomic E-state index is 13.5. The van der Waals surface area contributed by atoms with Crippen LogP contribution in [0.2, 0.25) is 0 Å². The summed E-state index contributed by atoms with van der Waals surface area (Å²) in [6, 6.07) is 15.3. The second-order valence-electron chi connectivity index (χ2n) is 6.35. The first kappa shape index (κ1) is 19.8. The Labute approximate surface area is 179 Å². The number of anilines is 1. The highest BCUT2D eigenvalue weighted by Gasteiger charge is 2.27. The van der Waals surface area contributed by atoms with Crippen LogP contribution in [0.5, 0.6) is 0 Å². The van der Waals surface area contributed by atoms with Gasteiger partial charge in [-0.2, -0.15) is 0 Å². The van der Waals surface area contributed by atoms with Gasteiger partial charge in [-0.3, -0.25) is 9.69 Å². The Morgan fingerprint density at radius 3 is 2.69 bits per heavy atom. The van der Waals surface area contributed by atoms with Gasteiger partial charge in [0.1, 0.15) is 5.76 Å². The second-order valence-corrected chi connectivity index (χ2v) is 10.3. The van der Waals surface area contributed by atoms with Crippen molar-refractivity contribution in [3.63, 3.8) is 0 Å². The normalized spacial score (nSPS) is 11.7. The molecule has 148 valence electrons. The van der Waals surface area contributed by atoms with Gasteiger partial charge in [-0.05, 0) is 42.5 Å². The molecule has 0 aliphatic carbocycles. The lowest BCUT2D eigenvalue weighted by atomic mass is 10.2. The van der Waals surface area contributed by atoms with E-state index in [1.807, 2.05) is 18.2 Å². The van der Waals surface area contributed by atoms with Crippen LogP contribution in [-0.2, 0) is 16.4 Å². The molecule has 2 heterocycles. The van der Waals surface area contributed by atoms with Gasteiger partial charge in [0.05, 0.1) is 33.5 Å². The van der Waals surface area contributed by atoms with E-state index in [1.165, 1.54) is 34.6 Å². The Hall–Kier alpha value is -2.49. The Morgan fingerprint density at radius 1 is 1.17 bits per heavy atom. The monoisotopic (exact) mass is 490 g/mol. The van der Waals surface area contributed by atoms with Crippen LogP contribution in [0.15, 0.2) is 74.6 Å². The Morgan fingerprint density at radius 2 is 1.97 bits per heavy atom. The molecular weight excluding hydrogens is 476 g/mol. The number of carbonyl (C=O) groups excluding carboxylic acids is 1. The zero-order valence-corrected chi connectivity index (χ0v) is 18.4. The first-order chi connectivity index (χ1) is 13.8. The average Bonchev–Trinajstić information content (AvgIpc) is 3.34. The first-order valence-electron chi connectivity index (χ1n) is 8.52. The second kappa shape index (κ2) is 7.74. The smallest absolute Gasteiger partial charge is 0.261 e. The average molecular weight is 491 g/mol. The molecule has 4 rings (SSSR count). The van der Waals surface area contributed by atoms with E-state index in [1.54, 1.807) is 24.3 Å². The molecule has 9 heteroatoms. The third kappa shape index (κ3) is 4.12. The number of fused-ring (bicyclic) bond motifs is 1. The largest absolute Gasteiger partial charge is 0.467 e. The van der Waals surface area contributed by atoms with Crippen LogP contribution in [0.1, 0.15) is 16.1 Å². The molecule has 0 fully saturated rings. The molecular formula is C20H15BrN2O4S2. The van der Waals surface area contributed by atoms with Gasteiger partial charge in [0.25, 0.3) is 5.91 Å². The van der Waals surface area contributed by atoms with E-state index < -0.39 is 15.7 Å². The zero-order chi connectivity index (χ0) is 20.6. The lowest BCUT2D eigenvalue weighted by Gasteiger charge is -2.20. The standard InChI is InChI=1S/C20H15BrN2O4S2/c1-29(25,26)18-7-3-2-6-15(18)19(24)23(12-14-5-4-10-27-14)20-22-16-9-8-13(21)11-17(16)28-20/h2-11H,12H2,1H3. The molecule has 6 nitrogen and oxygen atoms in total. The number of sulfone groups is 1. The van der Waals surface area contributed by atoms with Crippen LogP contribution >= 0.6 is 27.3 Å². The lowest BCUT2D eigenvalue weighted by molar-refractivity contribution is 0.0980. The highest BCUT2D eigenvalue weighted by Crippen LogP contribution is 2.33. The molecule has 0 N–H and O–H groups in total. The highest BCUT2D eigenvalue weighted by molar-refractivity contribution is 9.10. The van der Waals surface area contributed by atoms with Crippen LogP contribution in [0.4, 0.5) is 5.13 Å². The first-order valence-corrected chi connectivity index (χ1v) is 12.0. The third-order valence-electron chi connectivity index (χ3n) is 4.23. The highest BCUT2D eigenvalue weighted by atomic mass is 79.9. The molecule has 4 aromatic rings. The molecule has 0 aliphatic heterocycles. The van der Waals surface area contributed by atoms with Gasteiger partial charge in [-0.1, -0.05) is 39.4 Å². The molecule has 0 aliphatic rings. The molecule has 0 radical (unpaired) electrons. The molecule has 0 atom stereocenters. The summed E-state index contributed by atoms with van der Waals surface area (Å²) in [5.41, 5.74) is 0.851. The number of aromatic nitrogens is 1. The fourth-order valence-electron chi connectivity index (χ4n) is 2.90. The van der Waals surface area contributed by atoms with E-state index in [0.717, 1.165) is 20.9 Å². The number of halogens is 1. The van der Waals surface area contributed by atoms with E-state index in [0.29, 0.717) is 10.9 Å². The molecule has 0 saturated carbocycles. The van der Waals surface area contributed by atoms with Gasteiger partial charge in [0.15, 0.2) is 15.0 Å². The Kier molecular flexibility index (Phi) is 5.28. The van der Waals surface area contributed by atoms with Crippen molar-refractivity contribution in [1.82, 2.24) is 4.98 Å². The summed E-state index contributed by atoms with van der Waals surface area (Å²) in [5, 5.41) is 0.461. The van der Waals surface area contributed by atoms with Gasteiger partial charge < -0.3 is 4.42 Å². The van der Waals surface area contributed by atoms with Crippen molar-refractivity contribution in [2.75, 3.05) is 11.2 Å². The molecule has 2 aromatic heterocycles. The third-order valence-corrected chi connectivity index (χ3v) is 6.92. The quantitative estimate of drug-likeness (QED) is 0.397. The lowest BCUT2D eigenvalue weighted by Crippen LogP contribution is -2.31. The summed E-state index contributed by atoms with van der Waals surface area (Å²) in [6.45, 7) is 0.130. The molecule has 0 spiro atoms. The fraction of sp³-hybridized carbons (Fsp3) is 0.100. The van der Waals surface area contributed by atoms with Crippen LogP contribution in [0.3, 0.4) is 0 Å². The Balaban J connectivity index is 1.83. The van der Waals surface area contributed by atoms with Crippen molar-refractivity contribution >= 4 is 58.4 Å². The number of hydrogen-bond acceptors (Lipinski definition) is 6. The van der Waals surface area contributed by atoms with Gasteiger partial charge in [-0.15, -0.1) is 0 Å². The Bertz CT molecular complexity index is 1300. The summed E-state index contributed by atoms with van der Waals surface area (Å²) in [5.74, 6) is 0.108. The summed E-state index contributed by atoms with van der Waals surface area (Å²) in [4.78, 5) is 19.5. The van der Waals surface area contributed by atoms with Crippen LogP contribution in [0, 0.1) is 0 Å². The van der Waals surface area contributed by atoms with E-state index in [4.69, 9.17) is 4.42 Å². The van der Waals surface area contributed by atoms with E-state index in [2.05, 4.69) is 20.9 Å². The minimum atomic E-state index is -3.58. The number of carbonyl (C=O) groups is 1. The van der Waals surface area contributed by atoms with Crippen molar-refractivity contribution in [2.24, 2.45) is 0 Å². The topological polar surface area (TPSA) is 80.5 Å². The predicted molar refractivity (Wildman–Crippen MR) is 116 cm³/mol. The minimum Gasteiger partial charge on any atom is -0.467 e. The molecule has 2 aromatic carbocycles. The SMILES string of the molecule is CS(=O)(=O)c1ccccc1C(=O)N(Cc1ccco1)c1nc2ccc(Br)cc2s1. The summed E-state index contributed by atoms with van der Waals surface area (Å²) >= 11 is 4.79. The molecule has 0 unspecified atom stereocenters. The van der Waals surface area contributed by atoms with Gasteiger partial charge >= 0.3 is 0 Å². The maximum absolute atomic E-state index is 13.5. The van der Waals surface area contributed by atoms with Crippen molar-refractivity contribution in [3.8, 4) is 0 Å². The van der Waals surface area contributed by atoms with Gasteiger partial charge in [0.2, 0.25) is 0 Å². The number of nitrogens with zero attached hydrogens (tertiary/aromatic N) is 2. The van der Waals surface area contributed by atoms with Crippen LogP contribution < -0.4 is 4.90 Å². The molecule has 29 heavy (non-hydrogen) atoms. The zero-order valence-electron chi connectivity index (χ0n) is 15.2. The van der Waals surface area contributed by atoms with Gasteiger partial charge in [0, 0.05) is 10.7 Å². The number of thiazole rings is 1. The molecule has 0 saturated heterocycles. The minimum absolute atomic E-state index is 0.0155. The van der Waals surface area contributed by atoms with E-state index in [-0.39, 0.29) is 17.0 Å². The number of furan rings is 1. The summed E-state index contributed by atoms with van der Waals surface area (Å²) in [7, 11) is -3.58. The molecule has 1 amide bonds. The number of hydrogen-bond donors (Lipinski definition) is 0. The van der Waals surface area contributed by atoms with Crippen molar-refractivity contribution in [2.45, 2.75) is 11.4 Å². The van der Waals surface area contributed by atoms with Gasteiger partial charge in [-0.25, -0.2) is 13.4 Å². The predicted octanol–water partition coefficient (Wildman–Crippen LogP) is 4.90.